The van der Waals surface area contributed by atoms with Gasteiger partial charge < -0.3 is 10.4 Å². The summed E-state index contributed by atoms with van der Waals surface area (Å²) in [6, 6.07) is 4.26. The van der Waals surface area contributed by atoms with Gasteiger partial charge in [-0.25, -0.2) is 0 Å². The highest BCUT2D eigenvalue weighted by Crippen LogP contribution is 2.17. The lowest BCUT2D eigenvalue weighted by Gasteiger charge is -2.21. The Hall–Kier alpha value is -1.35. The fourth-order valence-corrected chi connectivity index (χ4v) is 1.87. The van der Waals surface area contributed by atoms with Crippen LogP contribution in [0, 0.1) is 20.8 Å². The number of carboxylic acids is 1. The van der Waals surface area contributed by atoms with Crippen molar-refractivity contribution >= 4 is 5.97 Å². The van der Waals surface area contributed by atoms with E-state index in [1.54, 1.807) is 13.8 Å². The third-order valence-electron chi connectivity index (χ3n) is 3.67. The molecule has 0 aromatic heterocycles. The van der Waals surface area contributed by atoms with Crippen LogP contribution in [0.3, 0.4) is 0 Å². The molecule has 0 atom stereocenters. The maximum Gasteiger partial charge on any atom is 0.323 e. The van der Waals surface area contributed by atoms with E-state index in [1.165, 1.54) is 22.3 Å². The van der Waals surface area contributed by atoms with E-state index in [0.717, 1.165) is 6.42 Å². The molecule has 0 heterocycles. The van der Waals surface area contributed by atoms with Crippen LogP contribution in [0.2, 0.25) is 0 Å². The normalized spacial score (nSPS) is 11.6. The zero-order valence-electron chi connectivity index (χ0n) is 11.9. The minimum Gasteiger partial charge on any atom is -0.480 e. The van der Waals surface area contributed by atoms with Gasteiger partial charge in [-0.15, -0.1) is 0 Å². The highest BCUT2D eigenvalue weighted by atomic mass is 16.4. The van der Waals surface area contributed by atoms with E-state index >= 15 is 0 Å². The summed E-state index contributed by atoms with van der Waals surface area (Å²) in [5.74, 6) is -0.820. The molecular formula is C15H23NO2. The Labute approximate surface area is 109 Å². The minimum absolute atomic E-state index is 0.669. The Bertz CT molecular complexity index is 450. The summed E-state index contributed by atoms with van der Waals surface area (Å²) in [6.07, 6.45) is 0.851. The van der Waals surface area contributed by atoms with Crippen LogP contribution in [-0.2, 0) is 11.2 Å². The molecule has 3 nitrogen and oxygen atoms in total. The maximum absolute atomic E-state index is 11.0. The number of hydrogen-bond acceptors (Lipinski definition) is 2. The Morgan fingerprint density at radius 3 is 2.39 bits per heavy atom. The van der Waals surface area contributed by atoms with E-state index in [-0.39, 0.29) is 0 Å². The van der Waals surface area contributed by atoms with Crippen LogP contribution in [0.25, 0.3) is 0 Å². The number of hydrogen-bond donors (Lipinski definition) is 2. The minimum atomic E-state index is -0.867. The van der Waals surface area contributed by atoms with Crippen LogP contribution in [0.1, 0.15) is 36.1 Å². The zero-order valence-corrected chi connectivity index (χ0v) is 11.9. The molecule has 0 unspecified atom stereocenters. The predicted molar refractivity (Wildman–Crippen MR) is 74.1 cm³/mol. The monoisotopic (exact) mass is 249 g/mol. The smallest absolute Gasteiger partial charge is 0.323 e. The van der Waals surface area contributed by atoms with E-state index in [1.807, 2.05) is 0 Å². The summed E-state index contributed by atoms with van der Waals surface area (Å²) in [5, 5.41) is 12.1. The molecular weight excluding hydrogens is 226 g/mol. The third-order valence-corrected chi connectivity index (χ3v) is 3.67. The van der Waals surface area contributed by atoms with Crippen molar-refractivity contribution < 1.29 is 9.90 Å². The van der Waals surface area contributed by atoms with Crippen LogP contribution in [0.4, 0.5) is 0 Å². The number of carboxylic acid groups (broad SMARTS) is 1. The van der Waals surface area contributed by atoms with Crippen molar-refractivity contribution in [3.05, 3.63) is 34.4 Å². The highest BCUT2D eigenvalue weighted by molar-refractivity contribution is 5.77. The Morgan fingerprint density at radius 2 is 1.83 bits per heavy atom. The first-order valence-electron chi connectivity index (χ1n) is 6.30. The zero-order chi connectivity index (χ0) is 13.9. The average Bonchev–Trinajstić information content (AvgIpc) is 2.29. The summed E-state index contributed by atoms with van der Waals surface area (Å²) in [5.41, 5.74) is 4.35. The molecule has 18 heavy (non-hydrogen) atoms. The van der Waals surface area contributed by atoms with Crippen LogP contribution in [0.5, 0.6) is 0 Å². The quantitative estimate of drug-likeness (QED) is 0.843. The number of aryl methyl sites for hydroxylation is 1. The first-order valence-corrected chi connectivity index (χ1v) is 6.30. The first-order chi connectivity index (χ1) is 8.25. The van der Waals surface area contributed by atoms with Crippen molar-refractivity contribution in [2.24, 2.45) is 0 Å². The standard InChI is InChI=1S/C15H23NO2/c1-10-6-7-13(12(3)11(10)2)8-9-16-15(4,5)14(17)18/h6-7,16H,8-9H2,1-5H3,(H,17,18). The lowest BCUT2D eigenvalue weighted by Crippen LogP contribution is -2.47. The molecule has 100 valence electrons. The van der Waals surface area contributed by atoms with E-state index in [0.29, 0.717) is 6.54 Å². The van der Waals surface area contributed by atoms with Gasteiger partial charge in [-0.1, -0.05) is 12.1 Å². The summed E-state index contributed by atoms with van der Waals surface area (Å²) >= 11 is 0. The molecule has 0 aliphatic carbocycles. The number of nitrogens with one attached hydrogen (secondary N) is 1. The molecule has 1 rings (SSSR count). The van der Waals surface area contributed by atoms with Gasteiger partial charge in [-0.2, -0.15) is 0 Å². The molecule has 0 saturated carbocycles. The van der Waals surface area contributed by atoms with Gasteiger partial charge in [-0.3, -0.25) is 4.79 Å². The third kappa shape index (κ3) is 3.33. The summed E-state index contributed by atoms with van der Waals surface area (Å²) in [4.78, 5) is 11.0. The number of benzene rings is 1. The molecule has 1 aromatic rings. The maximum atomic E-state index is 11.0. The van der Waals surface area contributed by atoms with E-state index in [9.17, 15) is 4.79 Å². The van der Waals surface area contributed by atoms with Crippen molar-refractivity contribution in [2.45, 2.75) is 46.6 Å². The summed E-state index contributed by atoms with van der Waals surface area (Å²) < 4.78 is 0. The van der Waals surface area contributed by atoms with Gasteiger partial charge in [0.1, 0.15) is 5.54 Å². The van der Waals surface area contributed by atoms with Gasteiger partial charge in [0.2, 0.25) is 0 Å². The number of aliphatic carboxylic acids is 1. The van der Waals surface area contributed by atoms with Crippen LogP contribution < -0.4 is 5.32 Å². The van der Waals surface area contributed by atoms with E-state index in [4.69, 9.17) is 5.11 Å². The van der Waals surface area contributed by atoms with Gasteiger partial charge in [0, 0.05) is 6.54 Å². The highest BCUT2D eigenvalue weighted by Gasteiger charge is 2.25. The average molecular weight is 249 g/mol. The Morgan fingerprint density at radius 1 is 1.22 bits per heavy atom. The first kappa shape index (κ1) is 14.7. The molecule has 1 aromatic carbocycles. The molecule has 2 N–H and O–H groups in total. The Kier molecular flexibility index (Phi) is 4.52. The lowest BCUT2D eigenvalue weighted by molar-refractivity contribution is -0.143. The summed E-state index contributed by atoms with van der Waals surface area (Å²) in [7, 11) is 0. The number of rotatable bonds is 5. The van der Waals surface area contributed by atoms with Gasteiger partial charge in [0.25, 0.3) is 0 Å². The van der Waals surface area contributed by atoms with Crippen molar-refractivity contribution in [1.82, 2.24) is 5.32 Å². The van der Waals surface area contributed by atoms with Gasteiger partial charge >= 0.3 is 5.97 Å². The fraction of sp³-hybridized carbons (Fsp3) is 0.533. The largest absolute Gasteiger partial charge is 0.480 e. The second-order valence-corrected chi connectivity index (χ2v) is 5.40. The lowest BCUT2D eigenvalue weighted by atomic mass is 9.96. The molecule has 0 spiro atoms. The topological polar surface area (TPSA) is 49.3 Å². The van der Waals surface area contributed by atoms with E-state index in [2.05, 4.69) is 38.2 Å². The predicted octanol–water partition coefficient (Wildman–Crippen LogP) is 2.61. The van der Waals surface area contributed by atoms with Crippen molar-refractivity contribution in [1.29, 1.82) is 0 Å². The molecule has 0 aliphatic rings. The van der Waals surface area contributed by atoms with Crippen LogP contribution >= 0.6 is 0 Å². The molecule has 3 heteroatoms. The second-order valence-electron chi connectivity index (χ2n) is 5.40. The molecule has 0 bridgehead atoms. The van der Waals surface area contributed by atoms with E-state index < -0.39 is 11.5 Å². The SMILES string of the molecule is Cc1ccc(CCNC(C)(C)C(=O)O)c(C)c1C. The van der Waals surface area contributed by atoms with Crippen molar-refractivity contribution in [3.63, 3.8) is 0 Å². The van der Waals surface area contributed by atoms with Crippen molar-refractivity contribution in [3.8, 4) is 0 Å². The Balaban J connectivity index is 2.66. The van der Waals surface area contributed by atoms with Gasteiger partial charge in [0.15, 0.2) is 0 Å². The molecule has 0 radical (unpaired) electrons. The molecule has 0 fully saturated rings. The van der Waals surface area contributed by atoms with Crippen molar-refractivity contribution in [2.75, 3.05) is 6.54 Å². The van der Waals surface area contributed by atoms with Crippen LogP contribution in [-0.4, -0.2) is 23.2 Å². The van der Waals surface area contributed by atoms with Gasteiger partial charge in [-0.05, 0) is 63.3 Å². The fourth-order valence-electron chi connectivity index (χ4n) is 1.87. The van der Waals surface area contributed by atoms with Gasteiger partial charge in [0.05, 0.1) is 0 Å². The molecule has 0 aliphatic heterocycles. The second kappa shape index (κ2) is 5.53. The molecule has 0 amide bonds. The van der Waals surface area contributed by atoms with Crippen LogP contribution in [0.15, 0.2) is 12.1 Å². The number of carbonyl (C=O) groups is 1. The summed E-state index contributed by atoms with van der Waals surface area (Å²) in [6.45, 7) is 10.4. The molecule has 0 saturated heterocycles.